The molecule has 8 heteroatoms. The molecule has 2 aromatic carbocycles. The minimum Gasteiger partial charge on any atom is -0.507 e. The third-order valence-corrected chi connectivity index (χ3v) is 4.38. The maximum atomic E-state index is 9.40. The van der Waals surface area contributed by atoms with Crippen molar-refractivity contribution in [3.05, 3.63) is 48.8 Å². The summed E-state index contributed by atoms with van der Waals surface area (Å²) in [5, 5.41) is 29.6. The van der Waals surface area contributed by atoms with E-state index in [-0.39, 0.29) is 11.5 Å². The largest absolute Gasteiger partial charge is 0.507 e. The maximum Gasteiger partial charge on any atom is 0.143 e. The number of aromatic hydroxyl groups is 2. The van der Waals surface area contributed by atoms with Gasteiger partial charge in [0.15, 0.2) is 0 Å². The standard InChI is InChI=1S/C8H10O2S2.C7H6N4/c1-11-7-3-6(10)8(12-2)4-5(7)9;1-2-4-7(5-3-1)11-6-8-9-10-11/h3-4,9-10H,1-2H3;1-6H. The molecule has 0 aliphatic heterocycles. The number of aromatic nitrogens is 4. The van der Waals surface area contributed by atoms with Crippen LogP contribution in [0.3, 0.4) is 0 Å². The van der Waals surface area contributed by atoms with Gasteiger partial charge in [0.1, 0.15) is 17.8 Å². The lowest BCUT2D eigenvalue weighted by molar-refractivity contribution is 0.439. The predicted molar refractivity (Wildman–Crippen MR) is 92.5 cm³/mol. The zero-order valence-corrected chi connectivity index (χ0v) is 14.3. The number of hydrogen-bond donors (Lipinski definition) is 2. The number of hydrogen-bond acceptors (Lipinski definition) is 7. The topological polar surface area (TPSA) is 84.1 Å². The molecule has 0 saturated heterocycles. The molecule has 3 aromatic rings. The van der Waals surface area contributed by atoms with Gasteiger partial charge in [-0.05, 0) is 47.2 Å². The Morgan fingerprint density at radius 2 is 1.48 bits per heavy atom. The summed E-state index contributed by atoms with van der Waals surface area (Å²) in [5.41, 5.74) is 0.970. The van der Waals surface area contributed by atoms with Crippen molar-refractivity contribution in [1.82, 2.24) is 20.2 Å². The number of nitrogens with zero attached hydrogens (tertiary/aromatic N) is 4. The lowest BCUT2D eigenvalue weighted by Gasteiger charge is -2.05. The number of rotatable bonds is 3. The van der Waals surface area contributed by atoms with Crippen molar-refractivity contribution in [1.29, 1.82) is 0 Å². The molecule has 0 spiro atoms. The first kappa shape index (κ1) is 17.2. The van der Waals surface area contributed by atoms with Crippen molar-refractivity contribution < 1.29 is 10.2 Å². The third kappa shape index (κ3) is 4.64. The van der Waals surface area contributed by atoms with E-state index in [1.54, 1.807) is 23.1 Å². The first-order valence-corrected chi connectivity index (χ1v) is 9.03. The van der Waals surface area contributed by atoms with Crippen LogP contribution in [-0.4, -0.2) is 42.9 Å². The van der Waals surface area contributed by atoms with Crippen LogP contribution in [0.25, 0.3) is 5.69 Å². The highest BCUT2D eigenvalue weighted by atomic mass is 32.2. The van der Waals surface area contributed by atoms with E-state index in [2.05, 4.69) is 15.5 Å². The summed E-state index contributed by atoms with van der Waals surface area (Å²) in [6.45, 7) is 0. The molecule has 0 radical (unpaired) electrons. The van der Waals surface area contributed by atoms with Crippen LogP contribution in [0.15, 0.2) is 58.6 Å². The molecule has 1 heterocycles. The molecule has 0 unspecified atom stereocenters. The summed E-state index contributed by atoms with van der Waals surface area (Å²) in [4.78, 5) is 1.40. The Morgan fingerprint density at radius 3 is 1.91 bits per heavy atom. The van der Waals surface area contributed by atoms with Crippen LogP contribution in [0.4, 0.5) is 0 Å². The summed E-state index contributed by atoms with van der Waals surface area (Å²) in [6.07, 6.45) is 5.27. The molecule has 23 heavy (non-hydrogen) atoms. The molecule has 1 aromatic heterocycles. The second-order valence-electron chi connectivity index (χ2n) is 4.29. The van der Waals surface area contributed by atoms with Crippen LogP contribution in [0.1, 0.15) is 0 Å². The summed E-state index contributed by atoms with van der Waals surface area (Å²) in [6, 6.07) is 12.9. The SMILES string of the molecule is CSc1cc(O)c(SC)cc1O.c1ccc(-n2cnnn2)cc1. The van der Waals surface area contributed by atoms with Crippen LogP contribution in [0.5, 0.6) is 11.5 Å². The average molecular weight is 348 g/mol. The van der Waals surface area contributed by atoms with Gasteiger partial charge in [0.25, 0.3) is 0 Å². The summed E-state index contributed by atoms with van der Waals surface area (Å²) >= 11 is 2.82. The Morgan fingerprint density at radius 1 is 0.913 bits per heavy atom. The number of thioether (sulfide) groups is 2. The van der Waals surface area contributed by atoms with E-state index in [0.717, 1.165) is 5.69 Å². The second kappa shape index (κ2) is 8.44. The molecule has 0 atom stereocenters. The van der Waals surface area contributed by atoms with Crippen molar-refractivity contribution in [2.75, 3.05) is 12.5 Å². The Bertz CT molecular complexity index is 707. The van der Waals surface area contributed by atoms with Gasteiger partial charge in [-0.3, -0.25) is 0 Å². The smallest absolute Gasteiger partial charge is 0.143 e. The number of tetrazole rings is 1. The molecule has 0 aliphatic carbocycles. The van der Waals surface area contributed by atoms with Gasteiger partial charge in [-0.2, -0.15) is 0 Å². The van der Waals surface area contributed by atoms with Gasteiger partial charge in [0, 0.05) is 0 Å². The van der Waals surface area contributed by atoms with Crippen molar-refractivity contribution >= 4 is 23.5 Å². The summed E-state index contributed by atoms with van der Waals surface area (Å²) in [5.74, 6) is 0.453. The van der Waals surface area contributed by atoms with E-state index in [9.17, 15) is 10.2 Å². The average Bonchev–Trinajstić information content (AvgIpc) is 3.12. The molecule has 3 rings (SSSR count). The third-order valence-electron chi connectivity index (χ3n) is 2.85. The molecule has 2 N–H and O–H groups in total. The van der Waals surface area contributed by atoms with E-state index < -0.39 is 0 Å². The fraction of sp³-hybridized carbons (Fsp3) is 0.133. The van der Waals surface area contributed by atoms with Gasteiger partial charge in [-0.25, -0.2) is 4.68 Å². The normalized spacial score (nSPS) is 10.0. The van der Waals surface area contributed by atoms with Crippen molar-refractivity contribution in [3.8, 4) is 17.2 Å². The van der Waals surface area contributed by atoms with E-state index in [0.29, 0.717) is 9.79 Å². The van der Waals surface area contributed by atoms with Gasteiger partial charge in [-0.1, -0.05) is 18.2 Å². The lowest BCUT2D eigenvalue weighted by atomic mass is 10.3. The van der Waals surface area contributed by atoms with Gasteiger partial charge in [0.05, 0.1) is 15.5 Å². The van der Waals surface area contributed by atoms with Crippen LogP contribution >= 0.6 is 23.5 Å². The maximum absolute atomic E-state index is 9.40. The van der Waals surface area contributed by atoms with Crippen molar-refractivity contribution in [2.45, 2.75) is 9.79 Å². The predicted octanol–water partition coefficient (Wildman–Crippen LogP) is 3.20. The number of para-hydroxylation sites is 1. The molecule has 0 bridgehead atoms. The quantitative estimate of drug-likeness (QED) is 0.555. The highest BCUT2D eigenvalue weighted by Gasteiger charge is 2.06. The molecule has 0 fully saturated rings. The van der Waals surface area contributed by atoms with E-state index >= 15 is 0 Å². The van der Waals surface area contributed by atoms with Crippen molar-refractivity contribution in [2.24, 2.45) is 0 Å². The van der Waals surface area contributed by atoms with Crippen LogP contribution < -0.4 is 0 Å². The molecule has 0 amide bonds. The molecule has 120 valence electrons. The Hall–Kier alpha value is -2.19. The second-order valence-corrected chi connectivity index (χ2v) is 5.98. The first-order valence-electron chi connectivity index (χ1n) is 6.58. The fourth-order valence-corrected chi connectivity index (χ4v) is 2.72. The fourth-order valence-electron chi connectivity index (χ4n) is 1.73. The van der Waals surface area contributed by atoms with Crippen LogP contribution in [0.2, 0.25) is 0 Å². The number of benzene rings is 2. The minimum atomic E-state index is 0.227. The zero-order valence-electron chi connectivity index (χ0n) is 12.6. The monoisotopic (exact) mass is 348 g/mol. The number of phenols is 2. The molecule has 0 saturated carbocycles. The minimum absolute atomic E-state index is 0.227. The van der Waals surface area contributed by atoms with Gasteiger partial charge >= 0.3 is 0 Å². The summed E-state index contributed by atoms with van der Waals surface area (Å²) < 4.78 is 1.61. The van der Waals surface area contributed by atoms with Gasteiger partial charge in [0.2, 0.25) is 0 Å². The molecule has 6 nitrogen and oxygen atoms in total. The van der Waals surface area contributed by atoms with E-state index in [1.165, 1.54) is 23.5 Å². The highest BCUT2D eigenvalue weighted by Crippen LogP contribution is 2.36. The Balaban J connectivity index is 0.000000167. The Kier molecular flexibility index (Phi) is 6.30. The molecule has 0 aliphatic rings. The zero-order chi connectivity index (χ0) is 16.7. The van der Waals surface area contributed by atoms with Gasteiger partial charge < -0.3 is 10.2 Å². The van der Waals surface area contributed by atoms with Crippen LogP contribution in [0, 0.1) is 0 Å². The lowest BCUT2D eigenvalue weighted by Crippen LogP contribution is -1.93. The summed E-state index contributed by atoms with van der Waals surface area (Å²) in [7, 11) is 0. The number of phenolic OH excluding ortho intramolecular Hbond substituents is 2. The van der Waals surface area contributed by atoms with Gasteiger partial charge in [-0.15, -0.1) is 28.6 Å². The first-order chi connectivity index (χ1) is 11.2. The molecular weight excluding hydrogens is 332 g/mol. The van der Waals surface area contributed by atoms with E-state index in [1.807, 2.05) is 42.8 Å². The van der Waals surface area contributed by atoms with Crippen LogP contribution in [-0.2, 0) is 0 Å². The Labute approximate surface area is 142 Å². The molecular formula is C15H16N4O2S2. The highest BCUT2D eigenvalue weighted by molar-refractivity contribution is 7.99. The van der Waals surface area contributed by atoms with E-state index in [4.69, 9.17) is 0 Å². The van der Waals surface area contributed by atoms with Crippen molar-refractivity contribution in [3.63, 3.8) is 0 Å².